The third-order valence-electron chi connectivity index (χ3n) is 2.72. The van der Waals surface area contributed by atoms with Gasteiger partial charge in [-0.3, -0.25) is 4.79 Å². The molecular weight excluding hydrogens is 186 g/mol. The molecule has 0 saturated heterocycles. The predicted octanol–water partition coefficient (Wildman–Crippen LogP) is 2.17. The Morgan fingerprint density at radius 3 is 2.54 bits per heavy atom. The lowest BCUT2D eigenvalue weighted by molar-refractivity contribution is -0.128. The second-order valence-corrected chi connectivity index (χ2v) is 4.79. The van der Waals surface area contributed by atoms with Crippen molar-refractivity contribution in [2.45, 2.75) is 33.1 Å². The van der Waals surface area contributed by atoms with Crippen molar-refractivity contribution in [2.24, 2.45) is 11.3 Å². The normalized spacial score (nSPS) is 18.1. The predicted molar refractivity (Wildman–Crippen MR) is 54.9 cm³/mol. The van der Waals surface area contributed by atoms with E-state index in [0.717, 1.165) is 12.5 Å². The van der Waals surface area contributed by atoms with Gasteiger partial charge in [0.25, 0.3) is 0 Å². The smallest absolute Gasteiger partial charge is 0.226 e. The number of carbonyl (C=O) groups is 1. The Morgan fingerprint density at radius 1 is 1.54 bits per heavy atom. The second-order valence-electron chi connectivity index (χ2n) is 4.52. The van der Waals surface area contributed by atoms with Gasteiger partial charge in [0.1, 0.15) is 0 Å². The molecule has 0 bridgehead atoms. The molecule has 3 heteroatoms. The molecule has 1 rings (SSSR count). The van der Waals surface area contributed by atoms with E-state index in [0.29, 0.717) is 5.88 Å². The molecule has 2 nitrogen and oxygen atoms in total. The van der Waals surface area contributed by atoms with Gasteiger partial charge in [0.05, 0.1) is 5.41 Å². The first-order chi connectivity index (χ1) is 6.06. The van der Waals surface area contributed by atoms with Crippen molar-refractivity contribution in [1.29, 1.82) is 0 Å². The maximum absolute atomic E-state index is 11.5. The molecule has 0 unspecified atom stereocenters. The molecule has 1 saturated carbocycles. The van der Waals surface area contributed by atoms with Crippen molar-refractivity contribution in [3.05, 3.63) is 0 Å². The number of nitrogens with one attached hydrogen (secondary N) is 1. The standard InChI is InChI=1S/C10H18ClNO/c1-10(2,7-11)9(13)12-6-8-4-3-5-8/h8H,3-7H2,1-2H3,(H,12,13). The van der Waals surface area contributed by atoms with Crippen LogP contribution in [0.3, 0.4) is 0 Å². The number of amides is 1. The Hall–Kier alpha value is -0.240. The van der Waals surface area contributed by atoms with Gasteiger partial charge in [-0.05, 0) is 32.6 Å². The van der Waals surface area contributed by atoms with Crippen LogP contribution in [0.5, 0.6) is 0 Å². The van der Waals surface area contributed by atoms with Crippen LogP contribution in [0.15, 0.2) is 0 Å². The van der Waals surface area contributed by atoms with Gasteiger partial charge in [-0.15, -0.1) is 11.6 Å². The number of hydrogen-bond donors (Lipinski definition) is 1. The summed E-state index contributed by atoms with van der Waals surface area (Å²) in [5.41, 5.74) is -0.425. The van der Waals surface area contributed by atoms with Gasteiger partial charge in [-0.25, -0.2) is 0 Å². The highest BCUT2D eigenvalue weighted by molar-refractivity contribution is 6.19. The average Bonchev–Trinajstić information content (AvgIpc) is 2.01. The van der Waals surface area contributed by atoms with Gasteiger partial charge in [0.15, 0.2) is 0 Å². The molecule has 1 N–H and O–H groups in total. The Bertz CT molecular complexity index is 187. The van der Waals surface area contributed by atoms with E-state index in [2.05, 4.69) is 5.32 Å². The molecule has 0 heterocycles. The third-order valence-corrected chi connectivity index (χ3v) is 3.39. The highest BCUT2D eigenvalue weighted by Gasteiger charge is 2.27. The van der Waals surface area contributed by atoms with Crippen LogP contribution in [0.4, 0.5) is 0 Å². The van der Waals surface area contributed by atoms with E-state index in [-0.39, 0.29) is 5.91 Å². The number of halogens is 1. The highest BCUT2D eigenvalue weighted by atomic mass is 35.5. The molecule has 76 valence electrons. The quantitative estimate of drug-likeness (QED) is 0.698. The van der Waals surface area contributed by atoms with Crippen molar-refractivity contribution < 1.29 is 4.79 Å². The van der Waals surface area contributed by atoms with E-state index >= 15 is 0 Å². The van der Waals surface area contributed by atoms with Gasteiger partial charge < -0.3 is 5.32 Å². The average molecular weight is 204 g/mol. The summed E-state index contributed by atoms with van der Waals surface area (Å²) in [5, 5.41) is 2.95. The molecular formula is C10H18ClNO. The maximum atomic E-state index is 11.5. The second kappa shape index (κ2) is 4.32. The number of hydrogen-bond acceptors (Lipinski definition) is 1. The summed E-state index contributed by atoms with van der Waals surface area (Å²) in [6.07, 6.45) is 3.85. The fourth-order valence-electron chi connectivity index (χ4n) is 1.23. The van der Waals surface area contributed by atoms with Gasteiger partial charge in [-0.2, -0.15) is 0 Å². The third kappa shape index (κ3) is 2.87. The van der Waals surface area contributed by atoms with Crippen LogP contribution in [0.25, 0.3) is 0 Å². The molecule has 0 radical (unpaired) electrons. The first-order valence-corrected chi connectivity index (χ1v) is 5.44. The number of carbonyl (C=O) groups excluding carboxylic acids is 1. The van der Waals surface area contributed by atoms with Crippen molar-refractivity contribution in [3.63, 3.8) is 0 Å². The largest absolute Gasteiger partial charge is 0.355 e. The summed E-state index contributed by atoms with van der Waals surface area (Å²) in [4.78, 5) is 11.5. The molecule has 0 aromatic carbocycles. The molecule has 0 aromatic heterocycles. The fraction of sp³-hybridized carbons (Fsp3) is 0.900. The summed E-state index contributed by atoms with van der Waals surface area (Å²) in [7, 11) is 0. The first kappa shape index (κ1) is 10.8. The molecule has 1 aliphatic carbocycles. The zero-order valence-corrected chi connectivity index (χ0v) is 9.16. The molecule has 0 atom stereocenters. The van der Waals surface area contributed by atoms with Crippen molar-refractivity contribution in [2.75, 3.05) is 12.4 Å². The molecule has 0 aromatic rings. The zero-order valence-electron chi connectivity index (χ0n) is 8.40. The fourth-order valence-corrected chi connectivity index (χ4v) is 1.36. The molecule has 1 aliphatic rings. The van der Waals surface area contributed by atoms with Crippen molar-refractivity contribution >= 4 is 17.5 Å². The first-order valence-electron chi connectivity index (χ1n) is 4.90. The lowest BCUT2D eigenvalue weighted by Gasteiger charge is -2.28. The van der Waals surface area contributed by atoms with E-state index in [1.165, 1.54) is 19.3 Å². The molecule has 1 amide bonds. The van der Waals surface area contributed by atoms with Gasteiger partial charge in [0.2, 0.25) is 5.91 Å². The van der Waals surface area contributed by atoms with Gasteiger partial charge in [0, 0.05) is 12.4 Å². The minimum absolute atomic E-state index is 0.0781. The lowest BCUT2D eigenvalue weighted by Crippen LogP contribution is -2.41. The van der Waals surface area contributed by atoms with Crippen LogP contribution in [-0.4, -0.2) is 18.3 Å². The minimum atomic E-state index is -0.425. The number of alkyl halides is 1. The van der Waals surface area contributed by atoms with E-state index in [9.17, 15) is 4.79 Å². The topological polar surface area (TPSA) is 29.1 Å². The number of rotatable bonds is 4. The highest BCUT2D eigenvalue weighted by Crippen LogP contribution is 2.25. The van der Waals surface area contributed by atoms with Crippen LogP contribution < -0.4 is 5.32 Å². The van der Waals surface area contributed by atoms with Crippen LogP contribution in [0, 0.1) is 11.3 Å². The van der Waals surface area contributed by atoms with Crippen LogP contribution in [-0.2, 0) is 4.79 Å². The Morgan fingerprint density at radius 2 is 2.15 bits per heavy atom. The van der Waals surface area contributed by atoms with E-state index < -0.39 is 5.41 Å². The van der Waals surface area contributed by atoms with E-state index in [1.54, 1.807) is 0 Å². The summed E-state index contributed by atoms with van der Waals surface area (Å²) in [6, 6.07) is 0. The minimum Gasteiger partial charge on any atom is -0.355 e. The summed E-state index contributed by atoms with van der Waals surface area (Å²) < 4.78 is 0. The summed E-state index contributed by atoms with van der Waals surface area (Å²) in [6.45, 7) is 4.57. The molecule has 0 spiro atoms. The lowest BCUT2D eigenvalue weighted by atomic mass is 9.85. The van der Waals surface area contributed by atoms with Crippen molar-refractivity contribution in [1.82, 2.24) is 5.32 Å². The van der Waals surface area contributed by atoms with Crippen LogP contribution in [0.2, 0.25) is 0 Å². The summed E-state index contributed by atoms with van der Waals surface area (Å²) in [5.74, 6) is 1.17. The Labute approximate surface area is 85.0 Å². The van der Waals surface area contributed by atoms with E-state index in [4.69, 9.17) is 11.6 Å². The van der Waals surface area contributed by atoms with Crippen LogP contribution in [0.1, 0.15) is 33.1 Å². The van der Waals surface area contributed by atoms with Crippen LogP contribution >= 0.6 is 11.6 Å². The maximum Gasteiger partial charge on any atom is 0.226 e. The monoisotopic (exact) mass is 203 g/mol. The van der Waals surface area contributed by atoms with Gasteiger partial charge in [-0.1, -0.05) is 6.42 Å². The molecule has 1 fully saturated rings. The molecule has 0 aliphatic heterocycles. The zero-order chi connectivity index (χ0) is 9.90. The summed E-state index contributed by atoms with van der Waals surface area (Å²) >= 11 is 5.69. The van der Waals surface area contributed by atoms with Gasteiger partial charge >= 0.3 is 0 Å². The van der Waals surface area contributed by atoms with Crippen molar-refractivity contribution in [3.8, 4) is 0 Å². The molecule has 13 heavy (non-hydrogen) atoms. The SMILES string of the molecule is CC(C)(CCl)C(=O)NCC1CCC1. The van der Waals surface area contributed by atoms with E-state index in [1.807, 2.05) is 13.8 Å². The Balaban J connectivity index is 2.23. The Kier molecular flexibility index (Phi) is 3.60.